The molecule has 0 spiro atoms. The maximum atomic E-state index is 12.0. The average molecular weight is 315 g/mol. The van der Waals surface area contributed by atoms with Crippen LogP contribution in [-0.4, -0.2) is 57.8 Å². The van der Waals surface area contributed by atoms with Crippen LogP contribution in [-0.2, 0) is 0 Å². The number of likely N-dealkylation sites (tertiary alicyclic amines) is 1. The maximum Gasteiger partial charge on any atom is 0.319 e. The fourth-order valence-electron chi connectivity index (χ4n) is 2.83. The van der Waals surface area contributed by atoms with Crippen molar-refractivity contribution in [2.75, 3.05) is 32.0 Å². The minimum atomic E-state index is -0.173. The molecule has 122 valence electrons. The van der Waals surface area contributed by atoms with Crippen LogP contribution < -0.4 is 10.6 Å². The van der Waals surface area contributed by atoms with E-state index in [2.05, 4.69) is 38.1 Å². The first kappa shape index (κ1) is 15.4. The van der Waals surface area contributed by atoms with E-state index in [1.165, 1.54) is 19.2 Å². The Labute approximate surface area is 134 Å². The number of nitrogens with zero attached hydrogens (tertiary/aromatic N) is 5. The number of benzene rings is 1. The van der Waals surface area contributed by atoms with Crippen LogP contribution in [0.25, 0.3) is 5.69 Å². The molecule has 1 aromatic heterocycles. The summed E-state index contributed by atoms with van der Waals surface area (Å²) in [5.41, 5.74) is 1.58. The Morgan fingerprint density at radius 3 is 2.87 bits per heavy atom. The van der Waals surface area contributed by atoms with Crippen molar-refractivity contribution in [1.82, 2.24) is 30.4 Å². The number of carbonyl (C=O) groups excluding carboxylic acids is 1. The van der Waals surface area contributed by atoms with Gasteiger partial charge in [0.1, 0.15) is 6.33 Å². The van der Waals surface area contributed by atoms with Gasteiger partial charge in [-0.25, -0.2) is 9.48 Å². The van der Waals surface area contributed by atoms with Crippen molar-refractivity contribution >= 4 is 11.7 Å². The lowest BCUT2D eigenvalue weighted by atomic mass is 9.99. The quantitative estimate of drug-likeness (QED) is 0.883. The monoisotopic (exact) mass is 315 g/mol. The second-order valence-electron chi connectivity index (χ2n) is 5.91. The van der Waals surface area contributed by atoms with Crippen molar-refractivity contribution < 1.29 is 4.79 Å². The van der Waals surface area contributed by atoms with Crippen LogP contribution >= 0.6 is 0 Å². The topological polar surface area (TPSA) is 88.0 Å². The third-order valence-corrected chi connectivity index (χ3v) is 4.01. The number of rotatable bonds is 4. The van der Waals surface area contributed by atoms with Gasteiger partial charge in [-0.05, 0) is 67.0 Å². The van der Waals surface area contributed by atoms with Gasteiger partial charge in [-0.15, -0.1) is 5.10 Å². The highest BCUT2D eigenvalue weighted by molar-refractivity contribution is 5.89. The Hall–Kier alpha value is -2.48. The van der Waals surface area contributed by atoms with Crippen LogP contribution in [0.15, 0.2) is 30.6 Å². The normalized spacial score (nSPS) is 18.6. The zero-order chi connectivity index (χ0) is 16.1. The average Bonchev–Trinajstić information content (AvgIpc) is 3.08. The number of aromatic nitrogens is 4. The molecular weight excluding hydrogens is 294 g/mol. The molecule has 2 N–H and O–H groups in total. The SMILES string of the molecule is CN1CCCC(CNC(=O)Nc2ccc(-n3cnnn3)cc2)C1. The summed E-state index contributed by atoms with van der Waals surface area (Å²) in [5.74, 6) is 0.529. The number of amides is 2. The number of anilines is 1. The molecule has 0 saturated carbocycles. The summed E-state index contributed by atoms with van der Waals surface area (Å²) < 4.78 is 1.56. The lowest BCUT2D eigenvalue weighted by molar-refractivity contribution is 0.204. The number of piperidine rings is 1. The standard InChI is InChI=1S/C15H21N7O/c1-21-8-2-3-12(10-21)9-16-15(23)18-13-4-6-14(7-5-13)22-11-17-19-20-22/h4-7,11-12H,2-3,8-10H2,1H3,(H2,16,18,23). The number of carbonyl (C=O) groups is 1. The number of urea groups is 1. The smallest absolute Gasteiger partial charge is 0.319 e. The Balaban J connectivity index is 1.48. The molecule has 2 amide bonds. The number of nitrogens with one attached hydrogen (secondary N) is 2. The minimum Gasteiger partial charge on any atom is -0.338 e. The van der Waals surface area contributed by atoms with Gasteiger partial charge in [-0.2, -0.15) is 0 Å². The number of tetrazole rings is 1. The van der Waals surface area contributed by atoms with E-state index >= 15 is 0 Å². The molecule has 8 heteroatoms. The minimum absolute atomic E-state index is 0.173. The highest BCUT2D eigenvalue weighted by atomic mass is 16.2. The highest BCUT2D eigenvalue weighted by Crippen LogP contribution is 2.14. The van der Waals surface area contributed by atoms with Crippen LogP contribution in [0.1, 0.15) is 12.8 Å². The molecule has 1 saturated heterocycles. The molecule has 0 aliphatic carbocycles. The molecule has 1 aliphatic heterocycles. The van der Waals surface area contributed by atoms with Gasteiger partial charge in [0, 0.05) is 18.8 Å². The molecule has 1 fully saturated rings. The summed E-state index contributed by atoms with van der Waals surface area (Å²) in [5, 5.41) is 16.8. The fraction of sp³-hybridized carbons (Fsp3) is 0.467. The summed E-state index contributed by atoms with van der Waals surface area (Å²) in [6.07, 6.45) is 3.89. The lowest BCUT2D eigenvalue weighted by Gasteiger charge is -2.29. The van der Waals surface area contributed by atoms with Gasteiger partial charge in [0.2, 0.25) is 0 Å². The molecule has 1 unspecified atom stereocenters. The molecule has 1 atom stereocenters. The lowest BCUT2D eigenvalue weighted by Crippen LogP contribution is -2.40. The molecule has 3 rings (SSSR count). The van der Waals surface area contributed by atoms with E-state index in [4.69, 9.17) is 0 Å². The van der Waals surface area contributed by atoms with E-state index in [0.29, 0.717) is 12.5 Å². The zero-order valence-corrected chi connectivity index (χ0v) is 13.1. The van der Waals surface area contributed by atoms with Crippen molar-refractivity contribution in [3.63, 3.8) is 0 Å². The fourth-order valence-corrected chi connectivity index (χ4v) is 2.83. The van der Waals surface area contributed by atoms with Gasteiger partial charge in [0.05, 0.1) is 5.69 Å². The van der Waals surface area contributed by atoms with Crippen molar-refractivity contribution in [2.45, 2.75) is 12.8 Å². The summed E-state index contributed by atoms with van der Waals surface area (Å²) in [7, 11) is 2.12. The molecule has 0 bridgehead atoms. The van der Waals surface area contributed by atoms with Crippen molar-refractivity contribution in [1.29, 1.82) is 0 Å². The highest BCUT2D eigenvalue weighted by Gasteiger charge is 2.17. The zero-order valence-electron chi connectivity index (χ0n) is 13.1. The first-order chi connectivity index (χ1) is 11.2. The van der Waals surface area contributed by atoms with E-state index in [1.807, 2.05) is 24.3 Å². The Bertz CT molecular complexity index is 626. The summed E-state index contributed by atoms with van der Waals surface area (Å²) >= 11 is 0. The second-order valence-corrected chi connectivity index (χ2v) is 5.91. The number of hydrogen-bond donors (Lipinski definition) is 2. The van der Waals surface area contributed by atoms with Crippen LogP contribution in [0.5, 0.6) is 0 Å². The number of hydrogen-bond acceptors (Lipinski definition) is 5. The van der Waals surface area contributed by atoms with E-state index in [0.717, 1.165) is 24.5 Å². The van der Waals surface area contributed by atoms with Gasteiger partial charge < -0.3 is 15.5 Å². The first-order valence-electron chi connectivity index (χ1n) is 7.77. The van der Waals surface area contributed by atoms with Crippen LogP contribution in [0.4, 0.5) is 10.5 Å². The molecule has 1 aromatic carbocycles. The molecule has 2 aromatic rings. The first-order valence-corrected chi connectivity index (χ1v) is 7.77. The van der Waals surface area contributed by atoms with E-state index < -0.39 is 0 Å². The third-order valence-electron chi connectivity index (χ3n) is 4.01. The molecular formula is C15H21N7O. The Morgan fingerprint density at radius 2 is 2.17 bits per heavy atom. The van der Waals surface area contributed by atoms with Gasteiger partial charge >= 0.3 is 6.03 Å². The summed E-state index contributed by atoms with van der Waals surface area (Å²) in [6.45, 7) is 2.90. The van der Waals surface area contributed by atoms with E-state index in [-0.39, 0.29) is 6.03 Å². The molecule has 8 nitrogen and oxygen atoms in total. The molecule has 1 aliphatic rings. The predicted octanol–water partition coefficient (Wildman–Crippen LogP) is 1.13. The van der Waals surface area contributed by atoms with Gasteiger partial charge in [-0.3, -0.25) is 0 Å². The predicted molar refractivity (Wildman–Crippen MR) is 86.4 cm³/mol. The van der Waals surface area contributed by atoms with Gasteiger partial charge in [0.15, 0.2) is 0 Å². The largest absolute Gasteiger partial charge is 0.338 e. The summed E-state index contributed by atoms with van der Waals surface area (Å²) in [6, 6.07) is 7.17. The molecule has 0 radical (unpaired) electrons. The van der Waals surface area contributed by atoms with Crippen molar-refractivity contribution in [2.24, 2.45) is 5.92 Å². The van der Waals surface area contributed by atoms with E-state index in [9.17, 15) is 4.79 Å². The van der Waals surface area contributed by atoms with Crippen LogP contribution in [0.2, 0.25) is 0 Å². The van der Waals surface area contributed by atoms with Crippen LogP contribution in [0, 0.1) is 5.92 Å². The molecule has 2 heterocycles. The Morgan fingerprint density at radius 1 is 1.35 bits per heavy atom. The maximum absolute atomic E-state index is 12.0. The van der Waals surface area contributed by atoms with Crippen molar-refractivity contribution in [3.8, 4) is 5.69 Å². The summed E-state index contributed by atoms with van der Waals surface area (Å²) in [4.78, 5) is 14.3. The van der Waals surface area contributed by atoms with Gasteiger partial charge in [0.25, 0.3) is 0 Å². The Kier molecular flexibility index (Phi) is 4.82. The van der Waals surface area contributed by atoms with Crippen LogP contribution in [0.3, 0.4) is 0 Å². The van der Waals surface area contributed by atoms with Crippen molar-refractivity contribution in [3.05, 3.63) is 30.6 Å². The van der Waals surface area contributed by atoms with Gasteiger partial charge in [-0.1, -0.05) is 0 Å². The third kappa shape index (κ3) is 4.26. The second kappa shape index (κ2) is 7.19. The van der Waals surface area contributed by atoms with E-state index in [1.54, 1.807) is 4.68 Å². The molecule has 23 heavy (non-hydrogen) atoms.